The first-order chi connectivity index (χ1) is 11.8. The van der Waals surface area contributed by atoms with Crippen molar-refractivity contribution >= 4 is 16.9 Å². The van der Waals surface area contributed by atoms with E-state index >= 15 is 0 Å². The Kier molecular flexibility index (Phi) is 3.75. The van der Waals surface area contributed by atoms with Crippen LogP contribution >= 0.6 is 0 Å². The van der Waals surface area contributed by atoms with Gasteiger partial charge in [-0.1, -0.05) is 0 Å². The lowest BCUT2D eigenvalue weighted by molar-refractivity contribution is 0.171. The van der Waals surface area contributed by atoms with E-state index < -0.39 is 0 Å². The molecule has 1 N–H and O–H groups in total. The van der Waals surface area contributed by atoms with Gasteiger partial charge in [0.15, 0.2) is 0 Å². The van der Waals surface area contributed by atoms with Crippen LogP contribution in [-0.2, 0) is 0 Å². The van der Waals surface area contributed by atoms with Crippen molar-refractivity contribution in [1.82, 2.24) is 15.0 Å². The van der Waals surface area contributed by atoms with Crippen molar-refractivity contribution in [1.29, 1.82) is 5.26 Å². The average molecular weight is 319 g/mol. The first kappa shape index (κ1) is 14.5. The van der Waals surface area contributed by atoms with Crippen LogP contribution in [0.5, 0.6) is 5.75 Å². The molecule has 0 aliphatic carbocycles. The summed E-state index contributed by atoms with van der Waals surface area (Å²) in [5, 5.41) is 9.90. The normalized spacial score (nSPS) is 15.4. The van der Waals surface area contributed by atoms with Gasteiger partial charge in [-0.25, -0.2) is 9.97 Å². The predicted octanol–water partition coefficient (Wildman–Crippen LogP) is 2.88. The summed E-state index contributed by atoms with van der Waals surface area (Å²) in [5.41, 5.74) is 1.52. The van der Waals surface area contributed by atoms with E-state index in [2.05, 4.69) is 25.9 Å². The number of hydrogen-bond donors (Lipinski definition) is 1. The summed E-state index contributed by atoms with van der Waals surface area (Å²) in [6.07, 6.45) is 5.57. The molecule has 6 nitrogen and oxygen atoms in total. The second-order valence-corrected chi connectivity index (χ2v) is 5.88. The third-order valence-corrected chi connectivity index (χ3v) is 4.36. The fraction of sp³-hybridized carbons (Fsp3) is 0.278. The number of nitrogens with one attached hydrogen (secondary N) is 1. The number of H-pyrrole nitrogens is 1. The zero-order valence-corrected chi connectivity index (χ0v) is 13.1. The minimum atomic E-state index is 0.192. The fourth-order valence-electron chi connectivity index (χ4n) is 3.10. The van der Waals surface area contributed by atoms with Crippen molar-refractivity contribution in [3.8, 4) is 11.8 Å². The van der Waals surface area contributed by atoms with Crippen molar-refractivity contribution in [2.75, 3.05) is 18.0 Å². The van der Waals surface area contributed by atoms with Crippen molar-refractivity contribution in [3.05, 3.63) is 48.4 Å². The molecule has 1 saturated heterocycles. The van der Waals surface area contributed by atoms with Crippen LogP contribution in [0, 0.1) is 11.3 Å². The summed E-state index contributed by atoms with van der Waals surface area (Å²) in [4.78, 5) is 14.1. The minimum Gasteiger partial charge on any atom is -0.490 e. The van der Waals surface area contributed by atoms with Crippen LogP contribution in [0.1, 0.15) is 18.4 Å². The molecule has 0 bridgehead atoms. The van der Waals surface area contributed by atoms with Crippen LogP contribution < -0.4 is 9.64 Å². The molecule has 1 aromatic carbocycles. The standard InChI is InChI=1S/C18H17N5O/c19-11-13-1-3-14(4-2-13)24-15-6-9-23(10-7-15)18-16-5-8-20-17(16)21-12-22-18/h1-5,8,12,15H,6-7,9-10H2,(H,20,21,22). The zero-order chi connectivity index (χ0) is 16.4. The van der Waals surface area contributed by atoms with Gasteiger partial charge in [0, 0.05) is 32.1 Å². The lowest BCUT2D eigenvalue weighted by atomic mass is 10.1. The van der Waals surface area contributed by atoms with E-state index in [1.54, 1.807) is 18.5 Å². The summed E-state index contributed by atoms with van der Waals surface area (Å²) >= 11 is 0. The molecule has 0 radical (unpaired) electrons. The molecule has 2 aromatic heterocycles. The Balaban J connectivity index is 1.41. The topological polar surface area (TPSA) is 77.8 Å². The summed E-state index contributed by atoms with van der Waals surface area (Å²) in [6, 6.07) is 11.4. The predicted molar refractivity (Wildman–Crippen MR) is 90.9 cm³/mol. The maximum Gasteiger partial charge on any atom is 0.142 e. The SMILES string of the molecule is N#Cc1ccc(OC2CCN(c3ncnc4[nH]ccc34)CC2)cc1. The van der Waals surface area contributed by atoms with E-state index in [9.17, 15) is 0 Å². The number of nitrogens with zero attached hydrogens (tertiary/aromatic N) is 4. The van der Waals surface area contributed by atoms with Crippen LogP contribution in [0.25, 0.3) is 11.0 Å². The molecule has 6 heteroatoms. The minimum absolute atomic E-state index is 0.192. The van der Waals surface area contributed by atoms with E-state index in [1.807, 2.05) is 24.4 Å². The van der Waals surface area contributed by atoms with Gasteiger partial charge in [0.1, 0.15) is 29.6 Å². The molecule has 1 fully saturated rings. The van der Waals surface area contributed by atoms with Crippen molar-refractivity contribution in [3.63, 3.8) is 0 Å². The summed E-state index contributed by atoms with van der Waals surface area (Å²) < 4.78 is 6.04. The number of fused-ring (bicyclic) bond motifs is 1. The highest BCUT2D eigenvalue weighted by molar-refractivity contribution is 5.87. The Morgan fingerprint density at radius 3 is 2.67 bits per heavy atom. The molecule has 3 aromatic rings. The Morgan fingerprint density at radius 1 is 1.12 bits per heavy atom. The molecule has 0 saturated carbocycles. The molecule has 1 aliphatic heterocycles. The lowest BCUT2D eigenvalue weighted by Crippen LogP contribution is -2.38. The van der Waals surface area contributed by atoms with E-state index in [1.165, 1.54) is 0 Å². The molecular formula is C18H17N5O. The second kappa shape index (κ2) is 6.20. The van der Waals surface area contributed by atoms with E-state index in [0.717, 1.165) is 48.5 Å². The number of hydrogen-bond acceptors (Lipinski definition) is 5. The molecular weight excluding hydrogens is 302 g/mol. The van der Waals surface area contributed by atoms with Crippen molar-refractivity contribution < 1.29 is 4.74 Å². The van der Waals surface area contributed by atoms with Gasteiger partial charge in [0.25, 0.3) is 0 Å². The number of aromatic nitrogens is 3. The van der Waals surface area contributed by atoms with Crippen LogP contribution in [0.15, 0.2) is 42.9 Å². The Morgan fingerprint density at radius 2 is 1.92 bits per heavy atom. The molecule has 0 amide bonds. The first-order valence-electron chi connectivity index (χ1n) is 8.03. The molecule has 3 heterocycles. The monoisotopic (exact) mass is 319 g/mol. The van der Waals surface area contributed by atoms with Gasteiger partial charge in [-0.3, -0.25) is 0 Å². The van der Waals surface area contributed by atoms with E-state index in [-0.39, 0.29) is 6.10 Å². The number of nitriles is 1. The van der Waals surface area contributed by atoms with Crippen LogP contribution in [0.2, 0.25) is 0 Å². The van der Waals surface area contributed by atoms with Gasteiger partial charge in [0.2, 0.25) is 0 Å². The zero-order valence-electron chi connectivity index (χ0n) is 13.1. The highest BCUT2D eigenvalue weighted by atomic mass is 16.5. The second-order valence-electron chi connectivity index (χ2n) is 5.88. The maximum absolute atomic E-state index is 8.84. The third-order valence-electron chi connectivity index (χ3n) is 4.36. The van der Waals surface area contributed by atoms with Gasteiger partial charge >= 0.3 is 0 Å². The van der Waals surface area contributed by atoms with Crippen molar-refractivity contribution in [2.24, 2.45) is 0 Å². The maximum atomic E-state index is 8.84. The smallest absolute Gasteiger partial charge is 0.142 e. The van der Waals surface area contributed by atoms with Gasteiger partial charge < -0.3 is 14.6 Å². The summed E-state index contributed by atoms with van der Waals surface area (Å²) in [5.74, 6) is 1.81. The molecule has 4 rings (SSSR count). The number of piperidine rings is 1. The molecule has 1 aliphatic rings. The number of ether oxygens (including phenoxy) is 1. The van der Waals surface area contributed by atoms with Crippen LogP contribution in [-0.4, -0.2) is 34.1 Å². The van der Waals surface area contributed by atoms with Gasteiger partial charge in [-0.05, 0) is 30.3 Å². The Bertz CT molecular complexity index is 872. The van der Waals surface area contributed by atoms with Crippen LogP contribution in [0.4, 0.5) is 5.82 Å². The Hall–Kier alpha value is -3.07. The number of benzene rings is 1. The average Bonchev–Trinajstić information content (AvgIpc) is 3.12. The van der Waals surface area contributed by atoms with Gasteiger partial charge in [-0.15, -0.1) is 0 Å². The highest BCUT2D eigenvalue weighted by Crippen LogP contribution is 2.26. The number of anilines is 1. The number of rotatable bonds is 3. The summed E-state index contributed by atoms with van der Waals surface area (Å²) in [6.45, 7) is 1.80. The quantitative estimate of drug-likeness (QED) is 0.803. The third kappa shape index (κ3) is 2.76. The van der Waals surface area contributed by atoms with Gasteiger partial charge in [0.05, 0.1) is 17.0 Å². The molecule has 0 spiro atoms. The van der Waals surface area contributed by atoms with Crippen LogP contribution in [0.3, 0.4) is 0 Å². The highest BCUT2D eigenvalue weighted by Gasteiger charge is 2.23. The Labute approximate surface area is 139 Å². The van der Waals surface area contributed by atoms with Gasteiger partial charge in [-0.2, -0.15) is 5.26 Å². The fourth-order valence-corrected chi connectivity index (χ4v) is 3.10. The lowest BCUT2D eigenvalue weighted by Gasteiger charge is -2.33. The molecule has 0 atom stereocenters. The largest absolute Gasteiger partial charge is 0.490 e. The van der Waals surface area contributed by atoms with E-state index in [0.29, 0.717) is 5.56 Å². The first-order valence-corrected chi connectivity index (χ1v) is 8.03. The molecule has 24 heavy (non-hydrogen) atoms. The summed E-state index contributed by atoms with van der Waals surface area (Å²) in [7, 11) is 0. The number of aromatic amines is 1. The van der Waals surface area contributed by atoms with Crippen molar-refractivity contribution in [2.45, 2.75) is 18.9 Å². The van der Waals surface area contributed by atoms with E-state index in [4.69, 9.17) is 10.00 Å². The molecule has 120 valence electrons. The molecule has 0 unspecified atom stereocenters.